The normalized spacial score (nSPS) is 27.1. The third kappa shape index (κ3) is 1.38. The topological polar surface area (TPSA) is 0 Å². The molecule has 0 aromatic rings. The van der Waals surface area contributed by atoms with Crippen LogP contribution in [0.2, 0.25) is 0 Å². The summed E-state index contributed by atoms with van der Waals surface area (Å²) in [6, 6.07) is 0. The van der Waals surface area contributed by atoms with E-state index in [4.69, 9.17) is 46.4 Å². The lowest BCUT2D eigenvalue weighted by molar-refractivity contribution is 1.37. The maximum absolute atomic E-state index is 5.63. The van der Waals surface area contributed by atoms with Gasteiger partial charge in [0.2, 0.25) is 0 Å². The van der Waals surface area contributed by atoms with Crippen LogP contribution in [0.25, 0.3) is 0 Å². The molecule has 1 atom stereocenters. The molecular formula is C5H2Cl4. The zero-order valence-corrected chi connectivity index (χ0v) is 7.19. The lowest BCUT2D eigenvalue weighted by Gasteiger charge is -1.97. The molecule has 1 aliphatic rings. The second-order valence-electron chi connectivity index (χ2n) is 1.59. The Hall–Kier alpha value is 0.640. The highest BCUT2D eigenvalue weighted by Crippen LogP contribution is 2.36. The fraction of sp³-hybridized carbons (Fsp3) is 0.200. The first-order valence-electron chi connectivity index (χ1n) is 2.19. The van der Waals surface area contributed by atoms with Gasteiger partial charge >= 0.3 is 0 Å². The zero-order valence-electron chi connectivity index (χ0n) is 4.17. The number of alkyl halides is 1. The van der Waals surface area contributed by atoms with Gasteiger partial charge in [-0.1, -0.05) is 34.8 Å². The lowest BCUT2D eigenvalue weighted by Crippen LogP contribution is -1.91. The summed E-state index contributed by atoms with van der Waals surface area (Å²) in [5, 5.41) is 0.887. The van der Waals surface area contributed by atoms with Gasteiger partial charge in [0.1, 0.15) is 5.38 Å². The number of hydrogen-bond donors (Lipinski definition) is 0. The van der Waals surface area contributed by atoms with Gasteiger partial charge in [-0.3, -0.25) is 0 Å². The monoisotopic (exact) mass is 202 g/mol. The van der Waals surface area contributed by atoms with E-state index < -0.39 is 5.38 Å². The van der Waals surface area contributed by atoms with Crippen LogP contribution in [-0.4, -0.2) is 5.38 Å². The summed E-state index contributed by atoms with van der Waals surface area (Å²) in [6.45, 7) is 0. The Morgan fingerprint density at radius 2 is 1.78 bits per heavy atom. The van der Waals surface area contributed by atoms with Crippen molar-refractivity contribution in [3.05, 3.63) is 21.2 Å². The van der Waals surface area contributed by atoms with Crippen molar-refractivity contribution in [1.29, 1.82) is 0 Å². The van der Waals surface area contributed by atoms with Gasteiger partial charge in [0.15, 0.2) is 0 Å². The van der Waals surface area contributed by atoms with Crippen molar-refractivity contribution in [2.24, 2.45) is 0 Å². The molecule has 0 amide bonds. The average molecular weight is 204 g/mol. The van der Waals surface area contributed by atoms with Crippen molar-refractivity contribution in [3.8, 4) is 0 Å². The smallest absolute Gasteiger partial charge is 0.106 e. The molecule has 0 saturated carbocycles. The molecule has 1 aliphatic carbocycles. The summed E-state index contributed by atoms with van der Waals surface area (Å²) < 4.78 is 0. The summed E-state index contributed by atoms with van der Waals surface area (Å²) in [4.78, 5) is 0. The van der Waals surface area contributed by atoms with Crippen molar-refractivity contribution in [2.75, 3.05) is 0 Å². The number of rotatable bonds is 0. The highest BCUT2D eigenvalue weighted by Gasteiger charge is 2.21. The van der Waals surface area contributed by atoms with Gasteiger partial charge in [0, 0.05) is 5.03 Å². The fourth-order valence-corrected chi connectivity index (χ4v) is 1.47. The first kappa shape index (κ1) is 7.74. The minimum atomic E-state index is -0.430. The Bertz CT molecular complexity index is 191. The van der Waals surface area contributed by atoms with Gasteiger partial charge in [0.25, 0.3) is 0 Å². The molecule has 1 unspecified atom stereocenters. The van der Waals surface area contributed by atoms with Crippen LogP contribution in [0.1, 0.15) is 0 Å². The molecule has 0 aliphatic heterocycles. The second kappa shape index (κ2) is 2.71. The Kier molecular flexibility index (Phi) is 2.33. The van der Waals surface area contributed by atoms with Crippen LogP contribution in [0, 0.1) is 0 Å². The summed E-state index contributed by atoms with van der Waals surface area (Å²) in [5.41, 5.74) is 0. The van der Waals surface area contributed by atoms with E-state index in [2.05, 4.69) is 0 Å². The molecule has 50 valence electrons. The molecular weight excluding hydrogens is 202 g/mol. The van der Waals surface area contributed by atoms with Gasteiger partial charge in [-0.15, -0.1) is 11.6 Å². The van der Waals surface area contributed by atoms with Crippen LogP contribution >= 0.6 is 46.4 Å². The van der Waals surface area contributed by atoms with Crippen LogP contribution in [0.4, 0.5) is 0 Å². The fourth-order valence-electron chi connectivity index (χ4n) is 0.505. The number of allylic oxidation sites excluding steroid dienone is 4. The van der Waals surface area contributed by atoms with Gasteiger partial charge in [-0.25, -0.2) is 0 Å². The predicted molar refractivity (Wildman–Crippen MR) is 42.3 cm³/mol. The predicted octanol–water partition coefficient (Wildman–Crippen LogP) is 3.42. The third-order valence-corrected chi connectivity index (χ3v) is 2.79. The van der Waals surface area contributed by atoms with E-state index in [1.165, 1.54) is 0 Å². The standard InChI is InChI=1S/C5H2Cl4/c6-2-1-3(7)5(9)4(2)8/h1,4H. The minimum absolute atomic E-state index is 0.406. The molecule has 0 fully saturated rings. The average Bonchev–Trinajstić information content (AvgIpc) is 1.98. The second-order valence-corrected chi connectivity index (χ2v) is 3.27. The van der Waals surface area contributed by atoms with Crippen molar-refractivity contribution in [3.63, 3.8) is 0 Å². The van der Waals surface area contributed by atoms with Crippen LogP contribution in [0.5, 0.6) is 0 Å². The van der Waals surface area contributed by atoms with Crippen LogP contribution in [0.15, 0.2) is 21.2 Å². The SMILES string of the molecule is ClC1=CC(Cl)=C(Cl)C1Cl. The quantitative estimate of drug-likeness (QED) is 0.530. The molecule has 4 heteroatoms. The number of halogens is 4. The van der Waals surface area contributed by atoms with Gasteiger partial charge in [-0.2, -0.15) is 0 Å². The van der Waals surface area contributed by atoms with Gasteiger partial charge in [-0.05, 0) is 6.08 Å². The Morgan fingerprint density at radius 1 is 1.22 bits per heavy atom. The molecule has 0 aromatic heterocycles. The van der Waals surface area contributed by atoms with Crippen molar-refractivity contribution in [2.45, 2.75) is 5.38 Å². The first-order valence-corrected chi connectivity index (χ1v) is 3.76. The summed E-state index contributed by atoms with van der Waals surface area (Å²) in [5.74, 6) is 0. The van der Waals surface area contributed by atoms with Crippen LogP contribution < -0.4 is 0 Å². The summed E-state index contributed by atoms with van der Waals surface area (Å²) >= 11 is 22.3. The van der Waals surface area contributed by atoms with E-state index in [0.717, 1.165) is 0 Å². The van der Waals surface area contributed by atoms with Gasteiger partial charge < -0.3 is 0 Å². The van der Waals surface area contributed by atoms with Gasteiger partial charge in [0.05, 0.1) is 10.1 Å². The minimum Gasteiger partial charge on any atom is -0.111 e. The first-order chi connectivity index (χ1) is 4.13. The molecule has 0 radical (unpaired) electrons. The van der Waals surface area contributed by atoms with E-state index in [1.54, 1.807) is 6.08 Å². The largest absolute Gasteiger partial charge is 0.111 e. The zero-order chi connectivity index (χ0) is 7.02. The van der Waals surface area contributed by atoms with E-state index in [-0.39, 0.29) is 0 Å². The van der Waals surface area contributed by atoms with Crippen molar-refractivity contribution >= 4 is 46.4 Å². The molecule has 0 saturated heterocycles. The summed E-state index contributed by atoms with van der Waals surface area (Å²) in [7, 11) is 0. The molecule has 0 nitrogen and oxygen atoms in total. The van der Waals surface area contributed by atoms with Crippen LogP contribution in [-0.2, 0) is 0 Å². The molecule has 9 heavy (non-hydrogen) atoms. The maximum Gasteiger partial charge on any atom is 0.106 e. The van der Waals surface area contributed by atoms with E-state index >= 15 is 0 Å². The molecule has 0 bridgehead atoms. The Morgan fingerprint density at radius 3 is 1.89 bits per heavy atom. The Labute approximate surface area is 73.0 Å². The third-order valence-electron chi connectivity index (χ3n) is 0.957. The van der Waals surface area contributed by atoms with E-state index in [0.29, 0.717) is 15.1 Å². The summed E-state index contributed by atoms with van der Waals surface area (Å²) in [6.07, 6.45) is 1.54. The number of hydrogen-bond acceptors (Lipinski definition) is 0. The highest BCUT2D eigenvalue weighted by atomic mass is 35.5. The molecule has 0 spiro atoms. The molecule has 0 aromatic carbocycles. The molecule has 0 N–H and O–H groups in total. The lowest BCUT2D eigenvalue weighted by atomic mass is 10.5. The Balaban J connectivity index is 2.92. The van der Waals surface area contributed by atoms with E-state index in [9.17, 15) is 0 Å². The van der Waals surface area contributed by atoms with Crippen LogP contribution in [0.3, 0.4) is 0 Å². The van der Waals surface area contributed by atoms with Crippen molar-refractivity contribution in [1.82, 2.24) is 0 Å². The molecule has 1 rings (SSSR count). The van der Waals surface area contributed by atoms with Crippen molar-refractivity contribution < 1.29 is 0 Å². The maximum atomic E-state index is 5.63. The molecule has 0 heterocycles. The van der Waals surface area contributed by atoms with E-state index in [1.807, 2.05) is 0 Å². The highest BCUT2D eigenvalue weighted by molar-refractivity contribution is 6.50.